The Labute approximate surface area is 124 Å². The summed E-state index contributed by atoms with van der Waals surface area (Å²) in [5, 5.41) is 8.77. The molecule has 0 aromatic heterocycles. The number of piperidine rings is 1. The maximum Gasteiger partial charge on any atom is 0.303 e. The number of para-hydroxylation sites is 1. The van der Waals surface area contributed by atoms with Crippen molar-refractivity contribution in [1.29, 1.82) is 0 Å². The molecule has 0 saturated carbocycles. The minimum atomic E-state index is -0.737. The third-order valence-corrected chi connectivity index (χ3v) is 4.02. The highest BCUT2D eigenvalue weighted by Gasteiger charge is 2.22. The molecule has 0 unspecified atom stereocenters. The number of carbonyl (C=O) groups is 1. The van der Waals surface area contributed by atoms with E-state index in [1.807, 2.05) is 6.07 Å². The first-order valence-corrected chi connectivity index (χ1v) is 7.35. The van der Waals surface area contributed by atoms with Crippen LogP contribution in [-0.2, 0) is 11.3 Å². The van der Waals surface area contributed by atoms with E-state index in [0.717, 1.165) is 31.5 Å². The number of carboxylic acid groups (broad SMARTS) is 1. The minimum Gasteiger partial charge on any atom is -0.493 e. The van der Waals surface area contributed by atoms with E-state index in [-0.39, 0.29) is 12.2 Å². The number of benzene rings is 1. The molecule has 1 N–H and O–H groups in total. The van der Waals surface area contributed by atoms with Crippen molar-refractivity contribution in [2.24, 2.45) is 5.92 Å². The van der Waals surface area contributed by atoms with Gasteiger partial charge in [0.25, 0.3) is 0 Å². The Morgan fingerprint density at radius 3 is 3.05 bits per heavy atom. The lowest BCUT2D eigenvalue weighted by molar-refractivity contribution is -0.137. The molecule has 0 bridgehead atoms. The summed E-state index contributed by atoms with van der Waals surface area (Å²) < 4.78 is 18.8. The number of hydrogen-bond acceptors (Lipinski definition) is 3. The number of ether oxygens (including phenoxy) is 1. The van der Waals surface area contributed by atoms with Crippen LogP contribution in [0.25, 0.3) is 0 Å². The van der Waals surface area contributed by atoms with Crippen LogP contribution < -0.4 is 4.74 Å². The Hall–Kier alpha value is -1.62. The van der Waals surface area contributed by atoms with Gasteiger partial charge in [-0.05, 0) is 37.8 Å². The second kappa shape index (κ2) is 7.41. The van der Waals surface area contributed by atoms with Gasteiger partial charge >= 0.3 is 5.97 Å². The summed E-state index contributed by atoms with van der Waals surface area (Å²) in [7, 11) is 1.48. The fourth-order valence-corrected chi connectivity index (χ4v) is 3.01. The van der Waals surface area contributed by atoms with Crippen molar-refractivity contribution in [3.63, 3.8) is 0 Å². The molecule has 1 fully saturated rings. The van der Waals surface area contributed by atoms with Gasteiger partial charge in [-0.15, -0.1) is 0 Å². The van der Waals surface area contributed by atoms with E-state index in [4.69, 9.17) is 9.84 Å². The SMILES string of the molecule is COc1c(F)cccc1CN1CCC[C@@H](CCC(=O)O)C1. The number of rotatable bonds is 6. The summed E-state index contributed by atoms with van der Waals surface area (Å²) in [5.74, 6) is -0.354. The van der Waals surface area contributed by atoms with Crippen LogP contribution in [0.4, 0.5) is 4.39 Å². The van der Waals surface area contributed by atoms with Crippen LogP contribution in [0.15, 0.2) is 18.2 Å². The lowest BCUT2D eigenvalue weighted by Crippen LogP contribution is -2.35. The molecule has 116 valence electrons. The molecule has 2 rings (SSSR count). The van der Waals surface area contributed by atoms with Crippen molar-refractivity contribution in [1.82, 2.24) is 4.90 Å². The molecule has 1 atom stereocenters. The van der Waals surface area contributed by atoms with Gasteiger partial charge < -0.3 is 9.84 Å². The molecular weight excluding hydrogens is 273 g/mol. The topological polar surface area (TPSA) is 49.8 Å². The van der Waals surface area contributed by atoms with E-state index in [0.29, 0.717) is 24.6 Å². The van der Waals surface area contributed by atoms with Crippen molar-refractivity contribution >= 4 is 5.97 Å². The molecule has 1 saturated heterocycles. The molecule has 21 heavy (non-hydrogen) atoms. The fraction of sp³-hybridized carbons (Fsp3) is 0.562. The second-order valence-corrected chi connectivity index (χ2v) is 5.61. The Morgan fingerprint density at radius 1 is 1.52 bits per heavy atom. The van der Waals surface area contributed by atoms with Gasteiger partial charge in [0.2, 0.25) is 0 Å². The molecule has 0 aliphatic carbocycles. The van der Waals surface area contributed by atoms with Gasteiger partial charge in [-0.25, -0.2) is 4.39 Å². The van der Waals surface area contributed by atoms with Gasteiger partial charge in [-0.2, -0.15) is 0 Å². The largest absolute Gasteiger partial charge is 0.493 e. The molecule has 4 nitrogen and oxygen atoms in total. The Morgan fingerprint density at radius 2 is 2.33 bits per heavy atom. The first-order chi connectivity index (χ1) is 10.1. The van der Waals surface area contributed by atoms with Crippen molar-refractivity contribution in [2.45, 2.75) is 32.2 Å². The molecule has 1 aromatic carbocycles. The summed E-state index contributed by atoms with van der Waals surface area (Å²) in [5.41, 5.74) is 0.844. The molecule has 1 aromatic rings. The number of halogens is 1. The number of likely N-dealkylation sites (tertiary alicyclic amines) is 1. The van der Waals surface area contributed by atoms with Gasteiger partial charge in [-0.1, -0.05) is 12.1 Å². The van der Waals surface area contributed by atoms with Crippen LogP contribution in [0, 0.1) is 11.7 Å². The summed E-state index contributed by atoms with van der Waals surface area (Å²) in [6.45, 7) is 2.47. The third kappa shape index (κ3) is 4.43. The molecule has 0 amide bonds. The van der Waals surface area contributed by atoms with Crippen LogP contribution in [-0.4, -0.2) is 36.2 Å². The molecule has 1 aliphatic heterocycles. The van der Waals surface area contributed by atoms with Crippen molar-refractivity contribution in [2.75, 3.05) is 20.2 Å². The molecular formula is C16H22FNO3. The molecule has 0 spiro atoms. The highest BCUT2D eigenvalue weighted by molar-refractivity contribution is 5.66. The predicted molar refractivity (Wildman–Crippen MR) is 77.8 cm³/mol. The van der Waals surface area contributed by atoms with Crippen LogP contribution in [0.1, 0.15) is 31.2 Å². The molecule has 5 heteroatoms. The van der Waals surface area contributed by atoms with E-state index in [1.165, 1.54) is 13.2 Å². The number of hydrogen-bond donors (Lipinski definition) is 1. The van der Waals surface area contributed by atoms with Crippen LogP contribution in [0.3, 0.4) is 0 Å². The lowest BCUT2D eigenvalue weighted by atomic mass is 9.93. The first-order valence-electron chi connectivity index (χ1n) is 7.35. The average molecular weight is 295 g/mol. The number of aliphatic carboxylic acids is 1. The van der Waals surface area contributed by atoms with Crippen LogP contribution in [0.2, 0.25) is 0 Å². The van der Waals surface area contributed by atoms with Crippen molar-refractivity contribution < 1.29 is 19.0 Å². The summed E-state index contributed by atoms with van der Waals surface area (Å²) in [6, 6.07) is 4.97. The van der Waals surface area contributed by atoms with E-state index >= 15 is 0 Å². The summed E-state index contributed by atoms with van der Waals surface area (Å²) in [6.07, 6.45) is 3.07. The number of nitrogens with zero attached hydrogens (tertiary/aromatic N) is 1. The van der Waals surface area contributed by atoms with E-state index in [1.54, 1.807) is 6.07 Å². The highest BCUT2D eigenvalue weighted by Crippen LogP contribution is 2.27. The first kappa shape index (κ1) is 15.8. The van der Waals surface area contributed by atoms with E-state index in [2.05, 4.69) is 4.90 Å². The van der Waals surface area contributed by atoms with Gasteiger partial charge in [0, 0.05) is 25.1 Å². The zero-order valence-corrected chi connectivity index (χ0v) is 12.3. The standard InChI is InChI=1S/C16H22FNO3/c1-21-16-13(5-2-6-14(16)17)11-18-9-3-4-12(10-18)7-8-15(19)20/h2,5-6,12H,3-4,7-11H2,1H3,(H,19,20)/t12-/m0/s1. The van der Waals surface area contributed by atoms with Crippen molar-refractivity contribution in [3.8, 4) is 5.75 Å². The van der Waals surface area contributed by atoms with Crippen LogP contribution >= 0.6 is 0 Å². The quantitative estimate of drug-likeness (QED) is 0.876. The van der Waals surface area contributed by atoms with Gasteiger partial charge in [0.1, 0.15) is 0 Å². The maximum atomic E-state index is 13.7. The zero-order chi connectivity index (χ0) is 15.2. The van der Waals surface area contributed by atoms with Gasteiger partial charge in [0.05, 0.1) is 7.11 Å². The number of carboxylic acids is 1. The zero-order valence-electron chi connectivity index (χ0n) is 12.3. The van der Waals surface area contributed by atoms with Gasteiger partial charge in [-0.3, -0.25) is 9.69 Å². The van der Waals surface area contributed by atoms with E-state index in [9.17, 15) is 9.18 Å². The molecule has 1 aliphatic rings. The van der Waals surface area contributed by atoms with Crippen LogP contribution in [0.5, 0.6) is 5.75 Å². The summed E-state index contributed by atoms with van der Waals surface area (Å²) in [4.78, 5) is 12.9. The highest BCUT2D eigenvalue weighted by atomic mass is 19.1. The smallest absolute Gasteiger partial charge is 0.303 e. The summed E-state index contributed by atoms with van der Waals surface area (Å²) >= 11 is 0. The fourth-order valence-electron chi connectivity index (χ4n) is 3.01. The Balaban J connectivity index is 1.96. The average Bonchev–Trinajstić information content (AvgIpc) is 2.46. The second-order valence-electron chi connectivity index (χ2n) is 5.61. The maximum absolute atomic E-state index is 13.7. The third-order valence-electron chi connectivity index (χ3n) is 4.02. The van der Waals surface area contributed by atoms with Gasteiger partial charge in [0.15, 0.2) is 11.6 Å². The monoisotopic (exact) mass is 295 g/mol. The molecule has 0 radical (unpaired) electrons. The molecule has 1 heterocycles. The number of methoxy groups -OCH3 is 1. The van der Waals surface area contributed by atoms with E-state index < -0.39 is 5.97 Å². The Bertz CT molecular complexity index is 492. The normalized spacial score (nSPS) is 19.4. The Kier molecular flexibility index (Phi) is 5.56. The lowest BCUT2D eigenvalue weighted by Gasteiger charge is -2.32. The predicted octanol–water partition coefficient (Wildman–Crippen LogP) is 2.91. The van der Waals surface area contributed by atoms with Crippen molar-refractivity contribution in [3.05, 3.63) is 29.6 Å². The minimum absolute atomic E-state index is 0.224.